The van der Waals surface area contributed by atoms with Crippen molar-refractivity contribution in [2.45, 2.75) is 5.92 Å². The first-order chi connectivity index (χ1) is 12.7. The van der Waals surface area contributed by atoms with Crippen LogP contribution < -0.4 is 11.3 Å². The first-order valence-corrected chi connectivity index (χ1v) is 8.30. The number of anilines is 1. The van der Waals surface area contributed by atoms with E-state index in [-0.39, 0.29) is 24.0 Å². The highest BCUT2D eigenvalue weighted by Crippen LogP contribution is 2.30. The van der Waals surface area contributed by atoms with Crippen LogP contribution in [0.25, 0.3) is 22.2 Å². The minimum atomic E-state index is -0.324. The summed E-state index contributed by atoms with van der Waals surface area (Å²) in [5.74, 6) is -0.248. The van der Waals surface area contributed by atoms with Gasteiger partial charge in [0.05, 0.1) is 6.61 Å². The van der Waals surface area contributed by atoms with Gasteiger partial charge in [0.15, 0.2) is 0 Å². The summed E-state index contributed by atoms with van der Waals surface area (Å²) in [7, 11) is 0. The number of aromatic nitrogens is 3. The molecule has 1 atom stereocenters. The first-order valence-electron chi connectivity index (χ1n) is 8.30. The summed E-state index contributed by atoms with van der Waals surface area (Å²) in [4.78, 5) is 21.6. The van der Waals surface area contributed by atoms with E-state index in [0.29, 0.717) is 11.0 Å². The number of hydrogen-bond donors (Lipinski definition) is 4. The maximum absolute atomic E-state index is 12.0. The van der Waals surface area contributed by atoms with E-state index in [1.54, 1.807) is 6.20 Å². The maximum Gasteiger partial charge on any atom is 0.276 e. The first kappa shape index (κ1) is 16.1. The summed E-state index contributed by atoms with van der Waals surface area (Å²) in [6.07, 6.45) is 1.71. The molecule has 2 heterocycles. The third-order valence-electron chi connectivity index (χ3n) is 4.56. The molecular formula is C20H18N4O2. The van der Waals surface area contributed by atoms with Crippen LogP contribution in [0.5, 0.6) is 0 Å². The molecule has 0 saturated carbocycles. The molecule has 4 rings (SSSR count). The summed E-state index contributed by atoms with van der Waals surface area (Å²) >= 11 is 0. The molecule has 0 aliphatic rings. The predicted octanol–water partition coefficient (Wildman–Crippen LogP) is 2.62. The fourth-order valence-corrected chi connectivity index (χ4v) is 3.24. The van der Waals surface area contributed by atoms with Gasteiger partial charge in [-0.1, -0.05) is 54.6 Å². The van der Waals surface area contributed by atoms with E-state index < -0.39 is 0 Å². The van der Waals surface area contributed by atoms with Gasteiger partial charge in [-0.05, 0) is 16.7 Å². The zero-order valence-corrected chi connectivity index (χ0v) is 13.9. The van der Waals surface area contributed by atoms with Gasteiger partial charge < -0.3 is 15.8 Å². The lowest BCUT2D eigenvalue weighted by Crippen LogP contribution is -2.12. The van der Waals surface area contributed by atoms with Gasteiger partial charge in [-0.15, -0.1) is 0 Å². The van der Waals surface area contributed by atoms with Crippen LogP contribution in [0, 0.1) is 0 Å². The van der Waals surface area contributed by atoms with Gasteiger partial charge in [-0.3, -0.25) is 9.78 Å². The molecule has 0 saturated heterocycles. The molecular weight excluding hydrogens is 328 g/mol. The molecule has 0 bridgehead atoms. The number of nitrogens with two attached hydrogens (primary N) is 1. The van der Waals surface area contributed by atoms with Crippen LogP contribution in [0.1, 0.15) is 17.0 Å². The third-order valence-corrected chi connectivity index (χ3v) is 4.56. The van der Waals surface area contributed by atoms with Gasteiger partial charge in [-0.25, -0.2) is 4.98 Å². The minimum Gasteiger partial charge on any atom is -0.395 e. The van der Waals surface area contributed by atoms with Crippen molar-refractivity contribution in [1.29, 1.82) is 0 Å². The number of nitrogens with one attached hydrogen (secondary N) is 2. The molecule has 130 valence electrons. The molecule has 0 aliphatic heterocycles. The van der Waals surface area contributed by atoms with Crippen LogP contribution in [0.15, 0.2) is 65.6 Å². The van der Waals surface area contributed by atoms with Crippen molar-refractivity contribution < 1.29 is 5.11 Å². The van der Waals surface area contributed by atoms with Gasteiger partial charge in [0.25, 0.3) is 5.56 Å². The van der Waals surface area contributed by atoms with Crippen molar-refractivity contribution in [3.05, 3.63) is 82.3 Å². The second kappa shape index (κ2) is 6.50. The van der Waals surface area contributed by atoms with Gasteiger partial charge in [-0.2, -0.15) is 0 Å². The maximum atomic E-state index is 12.0. The Hall–Kier alpha value is -3.38. The number of fused-ring (bicyclic) bond motifs is 1. The molecule has 6 heteroatoms. The normalized spacial score (nSPS) is 12.3. The fraction of sp³-hybridized carbons (Fsp3) is 0.100. The Labute approximate surface area is 149 Å². The van der Waals surface area contributed by atoms with E-state index in [0.717, 1.165) is 22.3 Å². The van der Waals surface area contributed by atoms with Crippen LogP contribution in [0.2, 0.25) is 0 Å². The van der Waals surface area contributed by atoms with Gasteiger partial charge in [0, 0.05) is 17.7 Å². The number of benzene rings is 2. The lowest BCUT2D eigenvalue weighted by molar-refractivity contribution is 0.281. The number of rotatable bonds is 4. The smallest absolute Gasteiger partial charge is 0.276 e. The molecule has 2 aromatic heterocycles. The minimum absolute atomic E-state index is 0.0551. The largest absolute Gasteiger partial charge is 0.395 e. The highest BCUT2D eigenvalue weighted by atomic mass is 16.3. The average Bonchev–Trinajstić information content (AvgIpc) is 3.08. The molecule has 2 aromatic carbocycles. The van der Waals surface area contributed by atoms with Crippen molar-refractivity contribution in [1.82, 2.24) is 15.0 Å². The Morgan fingerprint density at radius 1 is 1.04 bits per heavy atom. The Bertz CT molecular complexity index is 1100. The number of aliphatic hydroxyl groups excluding tert-OH is 1. The standard InChI is InChI=1S/C20H18N4O2/c21-20-23-17-15(10-22-18(17)19(26)24-20)16(11-25)14-8-6-13(7-9-14)12-4-2-1-3-5-12/h1-10,16,22,25H,11H2,(H3,21,23,24,26)/t16-/m1/s1. The third kappa shape index (κ3) is 2.76. The fourth-order valence-electron chi connectivity index (χ4n) is 3.24. The van der Waals surface area contributed by atoms with E-state index in [2.05, 4.69) is 27.1 Å². The van der Waals surface area contributed by atoms with E-state index in [1.165, 1.54) is 0 Å². The molecule has 6 nitrogen and oxygen atoms in total. The Balaban J connectivity index is 1.75. The lowest BCUT2D eigenvalue weighted by atomic mass is 9.91. The Kier molecular flexibility index (Phi) is 4.02. The van der Waals surface area contributed by atoms with E-state index in [1.807, 2.05) is 42.5 Å². The van der Waals surface area contributed by atoms with Crippen molar-refractivity contribution in [2.24, 2.45) is 0 Å². The molecule has 0 aliphatic carbocycles. The summed E-state index contributed by atoms with van der Waals surface area (Å²) in [6.45, 7) is -0.105. The van der Waals surface area contributed by atoms with Crippen molar-refractivity contribution in [3.8, 4) is 11.1 Å². The molecule has 0 amide bonds. The number of hydrogen-bond acceptors (Lipinski definition) is 4. The number of nitrogen functional groups attached to an aromatic ring is 1. The van der Waals surface area contributed by atoms with E-state index in [4.69, 9.17) is 5.73 Å². The predicted molar refractivity (Wildman–Crippen MR) is 102 cm³/mol. The molecule has 0 unspecified atom stereocenters. The topological polar surface area (TPSA) is 108 Å². The highest BCUT2D eigenvalue weighted by Gasteiger charge is 2.20. The summed E-state index contributed by atoms with van der Waals surface area (Å²) < 4.78 is 0. The van der Waals surface area contributed by atoms with E-state index >= 15 is 0 Å². The van der Waals surface area contributed by atoms with Crippen LogP contribution in [-0.2, 0) is 0 Å². The summed E-state index contributed by atoms with van der Waals surface area (Å²) in [5.41, 5.74) is 10.1. The quantitative estimate of drug-likeness (QED) is 0.455. The van der Waals surface area contributed by atoms with Crippen molar-refractivity contribution in [3.63, 3.8) is 0 Å². The molecule has 26 heavy (non-hydrogen) atoms. The Morgan fingerprint density at radius 2 is 1.73 bits per heavy atom. The monoisotopic (exact) mass is 346 g/mol. The zero-order valence-electron chi connectivity index (χ0n) is 13.9. The van der Waals surface area contributed by atoms with Crippen LogP contribution in [0.4, 0.5) is 5.95 Å². The zero-order chi connectivity index (χ0) is 18.1. The lowest BCUT2D eigenvalue weighted by Gasteiger charge is -2.14. The molecule has 5 N–H and O–H groups in total. The second-order valence-corrected chi connectivity index (χ2v) is 6.14. The van der Waals surface area contributed by atoms with E-state index in [9.17, 15) is 9.90 Å². The molecule has 4 aromatic rings. The van der Waals surface area contributed by atoms with Crippen LogP contribution in [-0.4, -0.2) is 26.7 Å². The van der Waals surface area contributed by atoms with Gasteiger partial charge >= 0.3 is 0 Å². The second-order valence-electron chi connectivity index (χ2n) is 6.14. The SMILES string of the molecule is Nc1nc2c([C@H](CO)c3ccc(-c4ccccc4)cc3)c[nH]c2c(=O)[nH]1. The highest BCUT2D eigenvalue weighted by molar-refractivity contribution is 5.80. The number of nitrogens with zero attached hydrogens (tertiary/aromatic N) is 1. The Morgan fingerprint density at radius 3 is 2.42 bits per heavy atom. The number of H-pyrrole nitrogens is 2. The average molecular weight is 346 g/mol. The number of aliphatic hydroxyl groups is 1. The van der Waals surface area contributed by atoms with Crippen LogP contribution >= 0.6 is 0 Å². The number of aromatic amines is 2. The van der Waals surface area contributed by atoms with Gasteiger partial charge in [0.1, 0.15) is 11.0 Å². The molecule has 0 fully saturated rings. The molecule has 0 radical (unpaired) electrons. The molecule has 0 spiro atoms. The van der Waals surface area contributed by atoms with Crippen LogP contribution in [0.3, 0.4) is 0 Å². The van der Waals surface area contributed by atoms with Crippen molar-refractivity contribution >= 4 is 17.0 Å². The summed E-state index contributed by atoms with van der Waals surface area (Å²) in [5, 5.41) is 9.98. The van der Waals surface area contributed by atoms with Crippen molar-refractivity contribution in [2.75, 3.05) is 12.3 Å². The van der Waals surface area contributed by atoms with Gasteiger partial charge in [0.2, 0.25) is 5.95 Å². The summed E-state index contributed by atoms with van der Waals surface area (Å²) in [6, 6.07) is 18.1.